The van der Waals surface area contributed by atoms with Gasteiger partial charge in [0.2, 0.25) is 25.5 Å². The Labute approximate surface area is 444 Å². The zero-order valence-electron chi connectivity index (χ0n) is 43.1. The van der Waals surface area contributed by atoms with E-state index in [1.807, 2.05) is 52.4 Å². The van der Waals surface area contributed by atoms with E-state index in [9.17, 15) is 14.7 Å². The molecule has 28 nitrogen and oxygen atoms in total. The van der Waals surface area contributed by atoms with Gasteiger partial charge in [-0.25, -0.2) is 24.6 Å². The van der Waals surface area contributed by atoms with Crippen molar-refractivity contribution in [3.8, 4) is 45.9 Å². The van der Waals surface area contributed by atoms with E-state index < -0.39 is 16.8 Å². The summed E-state index contributed by atoms with van der Waals surface area (Å²) in [5.41, 5.74) is 3.57. The van der Waals surface area contributed by atoms with E-state index in [4.69, 9.17) is 32.5 Å². The van der Waals surface area contributed by atoms with Crippen LogP contribution in [-0.2, 0) is 40.7 Å². The fourth-order valence-electron chi connectivity index (χ4n) is 8.10. The molecular weight excluding hydrogens is 1010 g/mol. The van der Waals surface area contributed by atoms with Crippen LogP contribution in [0.4, 0.5) is 23.9 Å². The van der Waals surface area contributed by atoms with Crippen molar-refractivity contribution in [2.75, 3.05) is 60.2 Å². The van der Waals surface area contributed by atoms with Gasteiger partial charge in [0, 0.05) is 88.6 Å². The van der Waals surface area contributed by atoms with Crippen molar-refractivity contribution < 1.29 is 47.2 Å². The molecule has 0 atom stereocenters. The maximum atomic E-state index is 11.9. The highest BCUT2D eigenvalue weighted by Crippen LogP contribution is 2.36. The number of fused-ring (bicyclic) bond motifs is 2. The van der Waals surface area contributed by atoms with Crippen LogP contribution in [0.15, 0.2) is 82.4 Å². The molecule has 12 rings (SSSR count). The molecule has 0 aliphatic carbocycles. The molecule has 0 spiro atoms. The van der Waals surface area contributed by atoms with Crippen molar-refractivity contribution in [2.45, 2.75) is 79.2 Å². The van der Waals surface area contributed by atoms with E-state index in [-0.39, 0.29) is 38.1 Å². The highest BCUT2D eigenvalue weighted by Gasteiger charge is 2.36. The molecule has 2 aromatic carbocycles. The predicted molar refractivity (Wildman–Crippen MR) is 272 cm³/mol. The van der Waals surface area contributed by atoms with Gasteiger partial charge in [0.05, 0.1) is 39.5 Å². The number of aryl methyl sites for hydroxylation is 1. The molecule has 28 heteroatoms. The Morgan fingerprint density at radius 3 is 1.56 bits per heavy atom. The second-order valence-corrected chi connectivity index (χ2v) is 20.5. The Morgan fingerprint density at radius 2 is 1.09 bits per heavy atom. The minimum absolute atomic E-state index is 0.0291. The van der Waals surface area contributed by atoms with Gasteiger partial charge in [-0.1, -0.05) is 32.8 Å². The van der Waals surface area contributed by atoms with Gasteiger partial charge in [-0.15, -0.1) is 20.4 Å². The fourth-order valence-corrected chi connectivity index (χ4v) is 8.10. The Morgan fingerprint density at radius 1 is 0.628 bits per heavy atom. The van der Waals surface area contributed by atoms with E-state index >= 15 is 0 Å². The molecule has 0 bridgehead atoms. The fraction of sp³-hybridized carbons (Fsp3) is 0.400. The predicted octanol–water partition coefficient (Wildman–Crippen LogP) is 5.17. The lowest BCUT2D eigenvalue weighted by Crippen LogP contribution is -2.45. The van der Waals surface area contributed by atoms with Gasteiger partial charge >= 0.3 is 24.0 Å². The number of carbonyl (C=O) groups excluding carboxylic acids is 1. The standard InChI is InChI=1S/2C25H27N9O5/c1-25(2,3)22(35)36-13-34-12-18(29-32-34)17-10-33(11-17)24-31-30-21(39-24)16-8-27-23(28-9-16)26-7-15-4-5-19-20(6-15)38-14-37-19;1-25(2,22(35)36)5-6-34-13-18(29-32-34)17-11-33(12-17)24-31-30-21(39-24)16-9-27-23(28-10-16)26-8-15-3-4-19-20(7-15)38-14-37-19/h4-6,8-9,12,17H,7,10-11,13-14H2,1-3H3,(H,26,27,28);3-4,7,9-10,13,17H,5-6,8,11-12,14H2,1-2H3,(H,35,36)(H,26,27,28). The molecule has 10 heterocycles. The largest absolute Gasteiger partial charge is 0.481 e. The summed E-state index contributed by atoms with van der Waals surface area (Å²) < 4.78 is 41.7. The maximum absolute atomic E-state index is 11.9. The van der Waals surface area contributed by atoms with Crippen LogP contribution in [0.25, 0.3) is 22.9 Å². The molecule has 2 saturated heterocycles. The smallest absolute Gasteiger partial charge is 0.318 e. The number of hydrogen-bond donors (Lipinski definition) is 3. The number of rotatable bonds is 18. The topological polar surface area (TPSA) is 322 Å². The van der Waals surface area contributed by atoms with Gasteiger partial charge in [-0.3, -0.25) is 14.3 Å². The van der Waals surface area contributed by atoms with Crippen molar-refractivity contribution >= 4 is 35.9 Å². The van der Waals surface area contributed by atoms with Gasteiger partial charge in [-0.2, -0.15) is 0 Å². The van der Waals surface area contributed by atoms with Gasteiger partial charge in [0.15, 0.2) is 29.7 Å². The normalized spacial score (nSPS) is 14.8. The van der Waals surface area contributed by atoms with Crippen molar-refractivity contribution in [3.63, 3.8) is 0 Å². The number of aromatic nitrogens is 14. The number of esters is 1. The summed E-state index contributed by atoms with van der Waals surface area (Å²) >= 11 is 0. The van der Waals surface area contributed by atoms with E-state index in [1.165, 1.54) is 4.68 Å². The summed E-state index contributed by atoms with van der Waals surface area (Å²) in [6, 6.07) is 12.4. The lowest BCUT2D eigenvalue weighted by Gasteiger charge is -2.36. The third-order valence-corrected chi connectivity index (χ3v) is 13.1. The quantitative estimate of drug-likeness (QED) is 0.0933. The van der Waals surface area contributed by atoms with Gasteiger partial charge in [0.25, 0.3) is 11.8 Å². The molecule has 0 amide bonds. The number of anilines is 4. The summed E-state index contributed by atoms with van der Waals surface area (Å²) in [5, 5.41) is 48.9. The minimum atomic E-state index is -0.826. The Bertz CT molecular complexity index is 3400. The summed E-state index contributed by atoms with van der Waals surface area (Å²) in [7, 11) is 0. The van der Waals surface area contributed by atoms with Crippen molar-refractivity contribution in [3.05, 3.63) is 96.1 Å². The second kappa shape index (κ2) is 21.3. The molecule has 4 aliphatic rings. The summed E-state index contributed by atoms with van der Waals surface area (Å²) in [5.74, 6) is 3.79. The van der Waals surface area contributed by atoms with Crippen molar-refractivity contribution in [2.24, 2.45) is 10.8 Å². The van der Waals surface area contributed by atoms with Crippen LogP contribution in [-0.4, -0.2) is 127 Å². The first-order valence-electron chi connectivity index (χ1n) is 24.9. The summed E-state index contributed by atoms with van der Waals surface area (Å²) in [6.07, 6.45) is 10.7. The first-order valence-corrected chi connectivity index (χ1v) is 24.9. The molecule has 404 valence electrons. The van der Waals surface area contributed by atoms with E-state index in [0.717, 1.165) is 45.5 Å². The van der Waals surface area contributed by atoms with Crippen molar-refractivity contribution in [1.82, 2.24) is 70.3 Å². The lowest BCUT2D eigenvalue weighted by molar-refractivity contribution is -0.157. The van der Waals surface area contributed by atoms with Crippen LogP contribution in [0.3, 0.4) is 0 Å². The molecule has 4 aliphatic heterocycles. The minimum Gasteiger partial charge on any atom is -0.481 e. The van der Waals surface area contributed by atoms with E-state index in [1.54, 1.807) is 70.3 Å². The number of nitrogens with zero attached hydrogens (tertiary/aromatic N) is 16. The van der Waals surface area contributed by atoms with Crippen LogP contribution in [0.2, 0.25) is 0 Å². The zero-order chi connectivity index (χ0) is 54.0. The summed E-state index contributed by atoms with van der Waals surface area (Å²) in [4.78, 5) is 44.6. The van der Waals surface area contributed by atoms with Crippen LogP contribution in [0, 0.1) is 10.8 Å². The number of ether oxygens (including phenoxy) is 5. The van der Waals surface area contributed by atoms with Crippen LogP contribution in [0.1, 0.15) is 75.4 Å². The van der Waals surface area contributed by atoms with Crippen LogP contribution >= 0.6 is 0 Å². The molecule has 3 N–H and O–H groups in total. The van der Waals surface area contributed by atoms with Gasteiger partial charge < -0.3 is 58.1 Å². The molecular formula is C50H54N18O10. The number of hydrogen-bond acceptors (Lipinski definition) is 25. The highest BCUT2D eigenvalue weighted by molar-refractivity contribution is 5.75. The average molecular weight is 1070 g/mol. The first kappa shape index (κ1) is 50.6. The lowest BCUT2D eigenvalue weighted by atomic mass is 9.90. The van der Waals surface area contributed by atoms with E-state index in [0.29, 0.717) is 99.1 Å². The Kier molecular flexibility index (Phi) is 13.8. The molecule has 0 unspecified atom stereocenters. The SMILES string of the molecule is CC(C)(C)C(=O)OCn1cc(C2CN(c3nnc(-c4cnc(NCc5ccc6c(c5)OCO6)nc4)o3)C2)nn1.CC(C)(CCn1cc(C2CN(c3nnc(-c4cnc(NCc5ccc6c(c5)OCO6)nc4)o3)C2)nn1)C(=O)O. The number of carboxylic acid groups (broad SMARTS) is 1. The number of benzene rings is 2. The number of carboxylic acids is 1. The zero-order valence-corrected chi connectivity index (χ0v) is 43.1. The molecule has 0 radical (unpaired) electrons. The third-order valence-electron chi connectivity index (χ3n) is 13.1. The first-order chi connectivity index (χ1) is 37.7. The Hall–Kier alpha value is -9.50. The molecule has 78 heavy (non-hydrogen) atoms. The third kappa shape index (κ3) is 11.5. The molecule has 8 aromatic rings. The van der Waals surface area contributed by atoms with Crippen molar-refractivity contribution in [1.29, 1.82) is 0 Å². The molecule has 6 aromatic heterocycles. The Balaban J connectivity index is 0.000000165. The van der Waals surface area contributed by atoms with Crippen LogP contribution < -0.4 is 39.4 Å². The molecule has 0 saturated carbocycles. The average Bonchev–Trinajstić information content (AvgIpc) is 4.34. The van der Waals surface area contributed by atoms with Gasteiger partial charge in [0.1, 0.15) is 0 Å². The number of nitrogens with one attached hydrogen (secondary N) is 2. The number of carbonyl (C=O) groups is 2. The van der Waals surface area contributed by atoms with Crippen LogP contribution in [0.5, 0.6) is 23.0 Å². The maximum Gasteiger partial charge on any atom is 0.318 e. The molecule has 2 fully saturated rings. The van der Waals surface area contributed by atoms with Gasteiger partial charge in [-0.05, 0) is 76.4 Å². The second-order valence-electron chi connectivity index (χ2n) is 20.5. The monoisotopic (exact) mass is 1070 g/mol. The van der Waals surface area contributed by atoms with E-state index in [2.05, 4.69) is 71.6 Å². The number of aliphatic carboxylic acids is 1. The highest BCUT2D eigenvalue weighted by atomic mass is 16.7. The summed E-state index contributed by atoms with van der Waals surface area (Å²) in [6.45, 7) is 13.5.